The second-order valence-corrected chi connectivity index (χ2v) is 4.63. The van der Waals surface area contributed by atoms with Crippen LogP contribution in [0.4, 0.5) is 0 Å². The van der Waals surface area contributed by atoms with Crippen LogP contribution >= 0.6 is 7.60 Å². The maximum Gasteiger partial charge on any atom is 0.325 e. The molecule has 1 aliphatic rings. The minimum atomic E-state index is -3.21. The number of hydrogen-bond acceptors (Lipinski definition) is 2. The van der Waals surface area contributed by atoms with Gasteiger partial charge in [0.15, 0.2) is 0 Å². The van der Waals surface area contributed by atoms with Gasteiger partial charge < -0.3 is 9.42 Å². The molecule has 1 saturated carbocycles. The molecule has 0 aromatic carbocycles. The summed E-state index contributed by atoms with van der Waals surface area (Å²) in [6.07, 6.45) is 4.19. The van der Waals surface area contributed by atoms with Gasteiger partial charge in [-0.2, -0.15) is 0 Å². The first-order valence-electron chi connectivity index (χ1n) is 3.56. The molecule has 1 rings (SSSR count). The molecule has 1 N–H and O–H groups in total. The molecule has 0 aromatic rings. The fourth-order valence-corrected chi connectivity index (χ4v) is 2.03. The van der Waals surface area contributed by atoms with E-state index in [4.69, 9.17) is 9.42 Å². The highest BCUT2D eigenvalue weighted by Crippen LogP contribution is 2.41. The fourth-order valence-electron chi connectivity index (χ4n) is 1.27. The van der Waals surface area contributed by atoms with Crippen LogP contribution in [0.2, 0.25) is 0 Å². The van der Waals surface area contributed by atoms with Crippen molar-refractivity contribution >= 4 is 7.60 Å². The molecule has 0 radical (unpaired) electrons. The molecule has 1 aliphatic carbocycles. The zero-order valence-corrected chi connectivity index (χ0v) is 7.01. The lowest BCUT2D eigenvalue weighted by molar-refractivity contribution is 0.183. The van der Waals surface area contributed by atoms with Crippen LogP contribution < -0.4 is 0 Å². The van der Waals surface area contributed by atoms with E-state index in [0.717, 1.165) is 25.7 Å². The lowest BCUT2D eigenvalue weighted by atomic mass is 10.3. The van der Waals surface area contributed by atoms with Gasteiger partial charge in [0.05, 0.1) is 6.10 Å². The van der Waals surface area contributed by atoms with Crippen LogP contribution in [0.15, 0.2) is 0 Å². The summed E-state index contributed by atoms with van der Waals surface area (Å²) in [6, 6.07) is 0. The van der Waals surface area contributed by atoms with Gasteiger partial charge in [-0.3, -0.25) is 4.57 Å². The first-order chi connectivity index (χ1) is 4.58. The fraction of sp³-hybridized carbons (Fsp3) is 1.00. The zero-order valence-electron chi connectivity index (χ0n) is 6.12. The summed E-state index contributed by atoms with van der Waals surface area (Å²) in [7, 11) is -3.21. The summed E-state index contributed by atoms with van der Waals surface area (Å²) in [5, 5.41) is 0. The van der Waals surface area contributed by atoms with Gasteiger partial charge in [0, 0.05) is 6.66 Å². The van der Waals surface area contributed by atoms with Crippen molar-refractivity contribution in [1.29, 1.82) is 0 Å². The molecular weight excluding hydrogens is 151 g/mol. The van der Waals surface area contributed by atoms with Crippen LogP contribution in [-0.2, 0) is 9.09 Å². The lowest BCUT2D eigenvalue weighted by Crippen LogP contribution is -2.04. The molecule has 0 bridgehead atoms. The molecule has 10 heavy (non-hydrogen) atoms. The summed E-state index contributed by atoms with van der Waals surface area (Å²) in [5.74, 6) is 0. The molecule has 1 unspecified atom stereocenters. The average molecular weight is 164 g/mol. The van der Waals surface area contributed by atoms with E-state index in [1.807, 2.05) is 0 Å². The molecule has 4 heteroatoms. The van der Waals surface area contributed by atoms with E-state index in [1.54, 1.807) is 0 Å². The van der Waals surface area contributed by atoms with E-state index in [-0.39, 0.29) is 6.10 Å². The van der Waals surface area contributed by atoms with Crippen molar-refractivity contribution in [2.45, 2.75) is 31.8 Å². The van der Waals surface area contributed by atoms with Gasteiger partial charge >= 0.3 is 7.60 Å². The molecule has 0 heterocycles. The quantitative estimate of drug-likeness (QED) is 0.632. The number of hydrogen-bond donors (Lipinski definition) is 1. The summed E-state index contributed by atoms with van der Waals surface area (Å²) in [5.41, 5.74) is 0. The van der Waals surface area contributed by atoms with E-state index < -0.39 is 7.60 Å². The van der Waals surface area contributed by atoms with Crippen LogP contribution in [0.1, 0.15) is 25.7 Å². The Labute approximate surface area is 60.9 Å². The molecular formula is C6H13O3P. The van der Waals surface area contributed by atoms with Gasteiger partial charge in [0.2, 0.25) is 0 Å². The molecule has 0 aliphatic heterocycles. The Balaban J connectivity index is 2.31. The predicted molar refractivity (Wildman–Crippen MR) is 39.1 cm³/mol. The second kappa shape index (κ2) is 3.04. The predicted octanol–water partition coefficient (Wildman–Crippen LogP) is 1.76. The van der Waals surface area contributed by atoms with E-state index in [2.05, 4.69) is 0 Å². The van der Waals surface area contributed by atoms with E-state index >= 15 is 0 Å². The van der Waals surface area contributed by atoms with Gasteiger partial charge in [-0.15, -0.1) is 0 Å². The Morgan fingerprint density at radius 2 is 2.00 bits per heavy atom. The van der Waals surface area contributed by atoms with Crippen molar-refractivity contribution in [2.75, 3.05) is 6.66 Å². The Morgan fingerprint density at radius 3 is 2.40 bits per heavy atom. The van der Waals surface area contributed by atoms with Gasteiger partial charge in [0.1, 0.15) is 0 Å². The van der Waals surface area contributed by atoms with Gasteiger partial charge in [-0.25, -0.2) is 0 Å². The van der Waals surface area contributed by atoms with Crippen LogP contribution in [0.3, 0.4) is 0 Å². The molecule has 0 saturated heterocycles. The van der Waals surface area contributed by atoms with Crippen LogP contribution in [0, 0.1) is 0 Å². The molecule has 0 spiro atoms. The van der Waals surface area contributed by atoms with Crippen molar-refractivity contribution in [3.05, 3.63) is 0 Å². The lowest BCUT2D eigenvalue weighted by Gasteiger charge is -2.12. The van der Waals surface area contributed by atoms with Crippen LogP contribution in [0.25, 0.3) is 0 Å². The molecule has 0 amide bonds. The van der Waals surface area contributed by atoms with Gasteiger partial charge in [-0.05, 0) is 12.8 Å². The summed E-state index contributed by atoms with van der Waals surface area (Å²) in [4.78, 5) is 8.81. The van der Waals surface area contributed by atoms with Crippen molar-refractivity contribution in [3.8, 4) is 0 Å². The maximum atomic E-state index is 10.7. The van der Waals surface area contributed by atoms with Crippen molar-refractivity contribution in [3.63, 3.8) is 0 Å². The van der Waals surface area contributed by atoms with Crippen molar-refractivity contribution in [2.24, 2.45) is 0 Å². The summed E-state index contributed by atoms with van der Waals surface area (Å²) in [6.45, 7) is 1.24. The molecule has 1 fully saturated rings. The van der Waals surface area contributed by atoms with E-state index in [1.165, 1.54) is 6.66 Å². The highest BCUT2D eigenvalue weighted by atomic mass is 31.2. The Bertz CT molecular complexity index is 145. The van der Waals surface area contributed by atoms with Crippen molar-refractivity contribution in [1.82, 2.24) is 0 Å². The minimum Gasteiger partial charge on any atom is -0.324 e. The Hall–Kier alpha value is 0.150. The monoisotopic (exact) mass is 164 g/mol. The third-order valence-electron chi connectivity index (χ3n) is 1.65. The molecule has 0 aromatic heterocycles. The SMILES string of the molecule is CP(=O)(O)OC1CCCC1. The normalized spacial score (nSPS) is 26.6. The Kier molecular flexibility index (Phi) is 2.50. The highest BCUT2D eigenvalue weighted by molar-refractivity contribution is 7.51. The minimum absolute atomic E-state index is 0.0424. The summed E-state index contributed by atoms with van der Waals surface area (Å²) >= 11 is 0. The zero-order chi connectivity index (χ0) is 7.61. The summed E-state index contributed by atoms with van der Waals surface area (Å²) < 4.78 is 15.6. The maximum absolute atomic E-state index is 10.7. The third-order valence-corrected chi connectivity index (χ3v) is 2.34. The van der Waals surface area contributed by atoms with Crippen LogP contribution in [0.5, 0.6) is 0 Å². The average Bonchev–Trinajstić information content (AvgIpc) is 2.12. The number of rotatable bonds is 2. The van der Waals surface area contributed by atoms with Crippen molar-refractivity contribution < 1.29 is 14.0 Å². The highest BCUT2D eigenvalue weighted by Gasteiger charge is 2.22. The van der Waals surface area contributed by atoms with Gasteiger partial charge in [0.25, 0.3) is 0 Å². The van der Waals surface area contributed by atoms with Crippen LogP contribution in [-0.4, -0.2) is 17.7 Å². The third kappa shape index (κ3) is 2.82. The van der Waals surface area contributed by atoms with E-state index in [9.17, 15) is 4.57 Å². The van der Waals surface area contributed by atoms with E-state index in [0.29, 0.717) is 0 Å². The molecule has 1 atom stereocenters. The van der Waals surface area contributed by atoms with Gasteiger partial charge in [-0.1, -0.05) is 12.8 Å². The smallest absolute Gasteiger partial charge is 0.324 e. The molecule has 60 valence electrons. The molecule has 3 nitrogen and oxygen atoms in total. The Morgan fingerprint density at radius 1 is 1.50 bits per heavy atom. The first kappa shape index (κ1) is 8.25. The topological polar surface area (TPSA) is 46.5 Å². The standard InChI is InChI=1S/C6H13O3P/c1-10(7,8)9-6-4-2-3-5-6/h6H,2-5H2,1H3,(H,7,8). The first-order valence-corrected chi connectivity index (χ1v) is 5.59. The largest absolute Gasteiger partial charge is 0.325 e. The second-order valence-electron chi connectivity index (χ2n) is 2.81.